The number of rotatable bonds is 4. The van der Waals surface area contributed by atoms with Gasteiger partial charge in [0.2, 0.25) is 0 Å². The molecule has 1 aromatic carbocycles. The van der Waals surface area contributed by atoms with Crippen molar-refractivity contribution in [3.63, 3.8) is 0 Å². The summed E-state index contributed by atoms with van der Waals surface area (Å²) in [5.41, 5.74) is 2.94. The fourth-order valence-electron chi connectivity index (χ4n) is 1.95. The molecule has 0 saturated carbocycles. The lowest BCUT2D eigenvalue weighted by molar-refractivity contribution is 0.0695. The second kappa shape index (κ2) is 5.52. The van der Waals surface area contributed by atoms with E-state index in [1.54, 1.807) is 19.1 Å². The minimum atomic E-state index is -0.953. The second-order valence-corrected chi connectivity index (χ2v) is 4.27. The Morgan fingerprint density at radius 2 is 2.00 bits per heavy atom. The van der Waals surface area contributed by atoms with Crippen LogP contribution in [0, 0.1) is 6.92 Å². The van der Waals surface area contributed by atoms with Crippen molar-refractivity contribution in [2.45, 2.75) is 20.3 Å². The van der Waals surface area contributed by atoms with E-state index in [-0.39, 0.29) is 5.56 Å². The van der Waals surface area contributed by atoms with Crippen LogP contribution in [0.5, 0.6) is 0 Å². The largest absolute Gasteiger partial charge is 0.478 e. The zero-order chi connectivity index (χ0) is 13.8. The number of benzene rings is 1. The van der Waals surface area contributed by atoms with Gasteiger partial charge in [0.05, 0.1) is 11.3 Å². The van der Waals surface area contributed by atoms with Gasteiger partial charge in [0.25, 0.3) is 0 Å². The zero-order valence-corrected chi connectivity index (χ0v) is 11.0. The number of aryl methyl sites for hydroxylation is 2. The molecule has 0 radical (unpaired) electrons. The van der Waals surface area contributed by atoms with Crippen LogP contribution in [-0.2, 0) is 6.42 Å². The third-order valence-electron chi connectivity index (χ3n) is 2.98. The van der Waals surface area contributed by atoms with Crippen LogP contribution in [0.3, 0.4) is 0 Å². The third kappa shape index (κ3) is 2.91. The SMILES string of the molecule is CCc1ccccc1Nc1ccc(C(=O)O)c(C)n1. The molecule has 98 valence electrons. The highest BCUT2D eigenvalue weighted by molar-refractivity contribution is 5.89. The zero-order valence-electron chi connectivity index (χ0n) is 11.0. The molecule has 2 N–H and O–H groups in total. The molecule has 0 saturated heterocycles. The Morgan fingerprint density at radius 1 is 1.26 bits per heavy atom. The normalized spacial score (nSPS) is 10.2. The van der Waals surface area contributed by atoms with E-state index in [0.717, 1.165) is 12.1 Å². The number of para-hydroxylation sites is 1. The van der Waals surface area contributed by atoms with E-state index in [1.165, 1.54) is 5.56 Å². The quantitative estimate of drug-likeness (QED) is 0.880. The number of hydrogen-bond donors (Lipinski definition) is 2. The first-order chi connectivity index (χ1) is 9.11. The molecule has 1 heterocycles. The predicted molar refractivity (Wildman–Crippen MR) is 75.0 cm³/mol. The van der Waals surface area contributed by atoms with Crippen LogP contribution in [0.15, 0.2) is 36.4 Å². The van der Waals surface area contributed by atoms with Crippen LogP contribution in [-0.4, -0.2) is 16.1 Å². The summed E-state index contributed by atoms with van der Waals surface area (Å²) in [4.78, 5) is 15.2. The molecule has 0 atom stereocenters. The maximum Gasteiger partial charge on any atom is 0.337 e. The molecule has 4 heteroatoms. The van der Waals surface area contributed by atoms with E-state index >= 15 is 0 Å². The molecule has 2 rings (SSSR count). The molecule has 0 aliphatic heterocycles. The Balaban J connectivity index is 2.29. The molecule has 2 aromatic rings. The fraction of sp³-hybridized carbons (Fsp3) is 0.200. The first-order valence-electron chi connectivity index (χ1n) is 6.17. The number of anilines is 2. The average molecular weight is 256 g/mol. The monoisotopic (exact) mass is 256 g/mol. The number of nitrogens with one attached hydrogen (secondary N) is 1. The summed E-state index contributed by atoms with van der Waals surface area (Å²) in [7, 11) is 0. The topological polar surface area (TPSA) is 62.2 Å². The van der Waals surface area contributed by atoms with Crippen molar-refractivity contribution in [1.29, 1.82) is 0 Å². The predicted octanol–water partition coefficient (Wildman–Crippen LogP) is 3.39. The highest BCUT2D eigenvalue weighted by Gasteiger charge is 2.09. The number of carboxylic acids is 1. The summed E-state index contributed by atoms with van der Waals surface area (Å²) in [6, 6.07) is 11.3. The van der Waals surface area contributed by atoms with Crippen molar-refractivity contribution in [2.24, 2.45) is 0 Å². The van der Waals surface area contributed by atoms with Crippen molar-refractivity contribution in [3.8, 4) is 0 Å². The van der Waals surface area contributed by atoms with Gasteiger partial charge in [0, 0.05) is 5.69 Å². The Hall–Kier alpha value is -2.36. The van der Waals surface area contributed by atoms with Crippen LogP contribution in [0.4, 0.5) is 11.5 Å². The molecular weight excluding hydrogens is 240 g/mol. The number of pyridine rings is 1. The minimum absolute atomic E-state index is 0.231. The lowest BCUT2D eigenvalue weighted by Crippen LogP contribution is -2.04. The van der Waals surface area contributed by atoms with Crippen LogP contribution in [0.25, 0.3) is 0 Å². The first-order valence-corrected chi connectivity index (χ1v) is 6.17. The van der Waals surface area contributed by atoms with Gasteiger partial charge >= 0.3 is 5.97 Å². The van der Waals surface area contributed by atoms with Gasteiger partial charge in [-0.3, -0.25) is 0 Å². The van der Waals surface area contributed by atoms with E-state index < -0.39 is 5.97 Å². The molecule has 0 amide bonds. The van der Waals surface area contributed by atoms with E-state index in [0.29, 0.717) is 11.5 Å². The van der Waals surface area contributed by atoms with E-state index in [9.17, 15) is 4.79 Å². The van der Waals surface area contributed by atoms with Crippen LogP contribution >= 0.6 is 0 Å². The summed E-state index contributed by atoms with van der Waals surface area (Å²) < 4.78 is 0. The maximum absolute atomic E-state index is 10.9. The van der Waals surface area contributed by atoms with Gasteiger partial charge in [0.1, 0.15) is 5.82 Å². The maximum atomic E-state index is 10.9. The minimum Gasteiger partial charge on any atom is -0.478 e. The summed E-state index contributed by atoms with van der Waals surface area (Å²) in [6.07, 6.45) is 0.926. The molecule has 0 unspecified atom stereocenters. The van der Waals surface area contributed by atoms with Gasteiger partial charge in [0.15, 0.2) is 0 Å². The molecule has 0 fully saturated rings. The summed E-state index contributed by atoms with van der Waals surface area (Å²) in [6.45, 7) is 3.78. The number of nitrogens with zero attached hydrogens (tertiary/aromatic N) is 1. The molecule has 19 heavy (non-hydrogen) atoms. The summed E-state index contributed by atoms with van der Waals surface area (Å²) in [5, 5.41) is 12.2. The Morgan fingerprint density at radius 3 is 2.63 bits per heavy atom. The molecular formula is C15H16N2O2. The molecule has 0 aliphatic carbocycles. The highest BCUT2D eigenvalue weighted by atomic mass is 16.4. The average Bonchev–Trinajstić information content (AvgIpc) is 2.39. The van der Waals surface area contributed by atoms with Crippen molar-refractivity contribution in [1.82, 2.24) is 4.98 Å². The molecule has 0 spiro atoms. The Kier molecular flexibility index (Phi) is 3.80. The van der Waals surface area contributed by atoms with Crippen LogP contribution in [0.1, 0.15) is 28.5 Å². The smallest absolute Gasteiger partial charge is 0.337 e. The lowest BCUT2D eigenvalue weighted by atomic mass is 10.1. The Labute approximate surface area is 112 Å². The van der Waals surface area contributed by atoms with Crippen molar-refractivity contribution in [2.75, 3.05) is 5.32 Å². The third-order valence-corrected chi connectivity index (χ3v) is 2.98. The van der Waals surface area contributed by atoms with Gasteiger partial charge in [-0.1, -0.05) is 25.1 Å². The van der Waals surface area contributed by atoms with E-state index in [4.69, 9.17) is 5.11 Å². The standard InChI is InChI=1S/C15H16N2O2/c1-3-11-6-4-5-7-13(11)17-14-9-8-12(15(18)19)10(2)16-14/h4-9H,3H2,1-2H3,(H,16,17)(H,18,19). The van der Waals surface area contributed by atoms with Crippen LogP contribution in [0.2, 0.25) is 0 Å². The van der Waals surface area contributed by atoms with Gasteiger partial charge in [-0.25, -0.2) is 9.78 Å². The van der Waals surface area contributed by atoms with Gasteiger partial charge in [-0.15, -0.1) is 0 Å². The number of aromatic nitrogens is 1. The summed E-state index contributed by atoms with van der Waals surface area (Å²) >= 11 is 0. The van der Waals surface area contributed by atoms with Crippen LogP contribution < -0.4 is 5.32 Å². The first kappa shape index (κ1) is 13.1. The molecule has 0 aliphatic rings. The number of carbonyl (C=O) groups is 1. The van der Waals surface area contributed by atoms with Crippen molar-refractivity contribution < 1.29 is 9.90 Å². The fourth-order valence-corrected chi connectivity index (χ4v) is 1.95. The van der Waals surface area contributed by atoms with Crippen molar-refractivity contribution >= 4 is 17.5 Å². The van der Waals surface area contributed by atoms with Gasteiger partial charge in [-0.05, 0) is 37.1 Å². The number of aromatic carboxylic acids is 1. The number of carboxylic acid groups (broad SMARTS) is 1. The highest BCUT2D eigenvalue weighted by Crippen LogP contribution is 2.21. The Bertz CT molecular complexity index is 609. The molecule has 0 bridgehead atoms. The molecule has 1 aromatic heterocycles. The van der Waals surface area contributed by atoms with E-state index in [2.05, 4.69) is 23.3 Å². The number of hydrogen-bond acceptors (Lipinski definition) is 3. The van der Waals surface area contributed by atoms with Gasteiger partial charge < -0.3 is 10.4 Å². The lowest BCUT2D eigenvalue weighted by Gasteiger charge is -2.11. The summed E-state index contributed by atoms with van der Waals surface area (Å²) in [5.74, 6) is -0.297. The second-order valence-electron chi connectivity index (χ2n) is 4.27. The molecule has 4 nitrogen and oxygen atoms in total. The van der Waals surface area contributed by atoms with Gasteiger partial charge in [-0.2, -0.15) is 0 Å². The van der Waals surface area contributed by atoms with E-state index in [1.807, 2.05) is 18.2 Å². The van der Waals surface area contributed by atoms with Crippen molar-refractivity contribution in [3.05, 3.63) is 53.2 Å².